The molecule has 0 radical (unpaired) electrons. The number of hydrogen-bond acceptors (Lipinski definition) is 6. The fourth-order valence-electron chi connectivity index (χ4n) is 1.57. The largest absolute Gasteiger partial charge is 0.397 e. The third-order valence-electron chi connectivity index (χ3n) is 2.45. The lowest BCUT2D eigenvalue weighted by molar-refractivity contribution is -0.384. The SMILES string of the molecule is Cn1cc(C#N)c(Nc2ccc([N+](=O)[O-])cc2N)n1. The summed E-state index contributed by atoms with van der Waals surface area (Å²) in [7, 11) is 1.69. The van der Waals surface area contributed by atoms with Crippen LogP contribution >= 0.6 is 0 Å². The third-order valence-corrected chi connectivity index (χ3v) is 2.45. The van der Waals surface area contributed by atoms with E-state index in [1.54, 1.807) is 13.2 Å². The van der Waals surface area contributed by atoms with Gasteiger partial charge in [-0.3, -0.25) is 14.8 Å². The molecule has 8 nitrogen and oxygen atoms in total. The van der Waals surface area contributed by atoms with Crippen LogP contribution in [-0.4, -0.2) is 14.7 Å². The number of aromatic nitrogens is 2. The van der Waals surface area contributed by atoms with Crippen LogP contribution in [0.2, 0.25) is 0 Å². The molecule has 0 saturated carbocycles. The Kier molecular flexibility index (Phi) is 3.03. The number of nitrogen functional groups attached to an aromatic ring is 1. The minimum Gasteiger partial charge on any atom is -0.397 e. The molecule has 8 heteroatoms. The molecule has 19 heavy (non-hydrogen) atoms. The van der Waals surface area contributed by atoms with E-state index in [9.17, 15) is 10.1 Å². The van der Waals surface area contributed by atoms with E-state index >= 15 is 0 Å². The molecule has 0 aliphatic heterocycles. The standard InChI is InChI=1S/C11H10N6O2/c1-16-6-7(5-12)11(15-16)14-10-3-2-8(17(18)19)4-9(10)13/h2-4,6H,13H2,1H3,(H,14,15). The monoisotopic (exact) mass is 258 g/mol. The van der Waals surface area contributed by atoms with E-state index in [0.717, 1.165) is 0 Å². The first-order valence-electron chi connectivity index (χ1n) is 5.26. The number of nitro benzene ring substituents is 1. The zero-order valence-electron chi connectivity index (χ0n) is 9.99. The molecule has 0 saturated heterocycles. The second kappa shape index (κ2) is 4.66. The molecule has 0 unspecified atom stereocenters. The van der Waals surface area contributed by atoms with Gasteiger partial charge in [0.1, 0.15) is 11.6 Å². The number of hydrogen-bond donors (Lipinski definition) is 2. The average Bonchev–Trinajstić information content (AvgIpc) is 2.71. The quantitative estimate of drug-likeness (QED) is 0.488. The summed E-state index contributed by atoms with van der Waals surface area (Å²) in [5.74, 6) is 0.352. The van der Waals surface area contributed by atoms with Crippen LogP contribution in [0, 0.1) is 21.4 Å². The number of nitriles is 1. The van der Waals surface area contributed by atoms with E-state index in [-0.39, 0.29) is 11.4 Å². The molecule has 0 fully saturated rings. The Labute approximate surface area is 108 Å². The molecular formula is C11H10N6O2. The van der Waals surface area contributed by atoms with Crippen LogP contribution < -0.4 is 11.1 Å². The van der Waals surface area contributed by atoms with Crippen LogP contribution in [0.3, 0.4) is 0 Å². The molecule has 1 aromatic carbocycles. The van der Waals surface area contributed by atoms with Gasteiger partial charge in [0, 0.05) is 25.4 Å². The third kappa shape index (κ3) is 2.44. The van der Waals surface area contributed by atoms with Gasteiger partial charge < -0.3 is 11.1 Å². The molecule has 2 aromatic rings. The molecule has 1 aromatic heterocycles. The summed E-state index contributed by atoms with van der Waals surface area (Å²) in [4.78, 5) is 10.1. The maximum absolute atomic E-state index is 10.6. The van der Waals surface area contributed by atoms with Crippen LogP contribution in [0.15, 0.2) is 24.4 Å². The number of nitro groups is 1. The van der Waals surface area contributed by atoms with Crippen LogP contribution in [0.1, 0.15) is 5.56 Å². The highest BCUT2D eigenvalue weighted by molar-refractivity contribution is 5.75. The summed E-state index contributed by atoms with van der Waals surface area (Å²) in [5.41, 5.74) is 6.66. The van der Waals surface area contributed by atoms with Gasteiger partial charge in [-0.1, -0.05) is 0 Å². The van der Waals surface area contributed by atoms with Crippen molar-refractivity contribution in [2.45, 2.75) is 0 Å². The van der Waals surface area contributed by atoms with E-state index in [0.29, 0.717) is 17.1 Å². The van der Waals surface area contributed by atoms with Crippen molar-refractivity contribution in [3.05, 3.63) is 40.1 Å². The molecule has 0 bridgehead atoms. The van der Waals surface area contributed by atoms with Gasteiger partial charge in [-0.05, 0) is 6.07 Å². The van der Waals surface area contributed by atoms with Gasteiger partial charge in [0.2, 0.25) is 0 Å². The van der Waals surface area contributed by atoms with Gasteiger partial charge in [0.25, 0.3) is 5.69 Å². The Hall–Kier alpha value is -3.08. The number of benzene rings is 1. The van der Waals surface area contributed by atoms with Crippen LogP contribution in [0.5, 0.6) is 0 Å². The van der Waals surface area contributed by atoms with Gasteiger partial charge in [0.05, 0.1) is 16.3 Å². The number of rotatable bonds is 3. The molecule has 1 heterocycles. The fraction of sp³-hybridized carbons (Fsp3) is 0.0909. The summed E-state index contributed by atoms with van der Waals surface area (Å²) < 4.78 is 1.49. The van der Waals surface area contributed by atoms with E-state index in [4.69, 9.17) is 11.0 Å². The number of nitrogens with two attached hydrogens (primary N) is 1. The highest BCUT2D eigenvalue weighted by Gasteiger charge is 2.12. The molecule has 0 spiro atoms. The zero-order chi connectivity index (χ0) is 14.0. The Morgan fingerprint density at radius 2 is 2.32 bits per heavy atom. The van der Waals surface area contributed by atoms with Crippen molar-refractivity contribution in [1.82, 2.24) is 9.78 Å². The van der Waals surface area contributed by atoms with Crippen LogP contribution in [0.4, 0.5) is 22.9 Å². The first-order chi connectivity index (χ1) is 9.01. The Morgan fingerprint density at radius 1 is 1.58 bits per heavy atom. The first kappa shape index (κ1) is 12.4. The van der Waals surface area contributed by atoms with Gasteiger partial charge in [-0.2, -0.15) is 10.4 Å². The average molecular weight is 258 g/mol. The van der Waals surface area contributed by atoms with Crippen LogP contribution in [0.25, 0.3) is 0 Å². The van der Waals surface area contributed by atoms with Crippen molar-refractivity contribution in [1.29, 1.82) is 5.26 Å². The fourth-order valence-corrected chi connectivity index (χ4v) is 1.57. The van der Waals surface area contributed by atoms with Crippen LogP contribution in [-0.2, 0) is 7.05 Å². The van der Waals surface area contributed by atoms with Crippen molar-refractivity contribution in [3.8, 4) is 6.07 Å². The smallest absolute Gasteiger partial charge is 0.271 e. The van der Waals surface area contributed by atoms with Crippen molar-refractivity contribution >= 4 is 22.9 Å². The van der Waals surface area contributed by atoms with Gasteiger partial charge in [-0.15, -0.1) is 0 Å². The Balaban J connectivity index is 2.34. The molecular weight excluding hydrogens is 248 g/mol. The normalized spacial score (nSPS) is 9.89. The predicted octanol–water partition coefficient (Wildman–Crippen LogP) is 1.53. The maximum Gasteiger partial charge on any atom is 0.271 e. The van der Waals surface area contributed by atoms with Gasteiger partial charge in [0.15, 0.2) is 5.82 Å². The number of aryl methyl sites for hydroxylation is 1. The summed E-state index contributed by atoms with van der Waals surface area (Å²) >= 11 is 0. The number of non-ortho nitro benzene ring substituents is 1. The van der Waals surface area contributed by atoms with E-state index in [2.05, 4.69) is 10.4 Å². The molecule has 96 valence electrons. The molecule has 2 rings (SSSR count). The number of anilines is 3. The Bertz CT molecular complexity index is 685. The molecule has 0 amide bonds. The zero-order valence-corrected chi connectivity index (χ0v) is 9.99. The van der Waals surface area contributed by atoms with Crippen molar-refractivity contribution in [2.24, 2.45) is 7.05 Å². The molecule has 3 N–H and O–H groups in total. The van der Waals surface area contributed by atoms with Gasteiger partial charge >= 0.3 is 0 Å². The van der Waals surface area contributed by atoms with E-state index in [1.807, 2.05) is 6.07 Å². The van der Waals surface area contributed by atoms with E-state index < -0.39 is 4.92 Å². The summed E-state index contributed by atoms with van der Waals surface area (Å²) in [6.45, 7) is 0. The van der Waals surface area contributed by atoms with E-state index in [1.165, 1.54) is 22.9 Å². The molecule has 0 atom stereocenters. The lowest BCUT2D eigenvalue weighted by atomic mass is 10.2. The minimum absolute atomic E-state index is 0.0930. The second-order valence-corrected chi connectivity index (χ2v) is 3.83. The lowest BCUT2D eigenvalue weighted by Crippen LogP contribution is -2.00. The summed E-state index contributed by atoms with van der Waals surface area (Å²) in [5, 5.41) is 26.5. The minimum atomic E-state index is -0.526. The summed E-state index contributed by atoms with van der Waals surface area (Å²) in [6.07, 6.45) is 1.56. The maximum atomic E-state index is 10.6. The van der Waals surface area contributed by atoms with Crippen molar-refractivity contribution in [3.63, 3.8) is 0 Å². The van der Waals surface area contributed by atoms with Gasteiger partial charge in [-0.25, -0.2) is 0 Å². The molecule has 0 aliphatic carbocycles. The lowest BCUT2D eigenvalue weighted by Gasteiger charge is -2.06. The Morgan fingerprint density at radius 3 is 2.89 bits per heavy atom. The highest BCUT2D eigenvalue weighted by Crippen LogP contribution is 2.27. The predicted molar refractivity (Wildman–Crippen MR) is 68.7 cm³/mol. The van der Waals surface area contributed by atoms with Crippen molar-refractivity contribution in [2.75, 3.05) is 11.1 Å². The molecule has 0 aliphatic rings. The number of nitrogens with one attached hydrogen (secondary N) is 1. The van der Waals surface area contributed by atoms with Crippen molar-refractivity contribution < 1.29 is 4.92 Å². The first-order valence-corrected chi connectivity index (χ1v) is 5.26. The summed E-state index contributed by atoms with van der Waals surface area (Å²) in [6, 6.07) is 6.04. The topological polar surface area (TPSA) is 123 Å². The number of nitrogens with zero attached hydrogens (tertiary/aromatic N) is 4. The second-order valence-electron chi connectivity index (χ2n) is 3.83. The highest BCUT2D eigenvalue weighted by atomic mass is 16.6.